The fourth-order valence-electron chi connectivity index (χ4n) is 2.28. The van der Waals surface area contributed by atoms with Crippen LogP contribution in [0.4, 0.5) is 0 Å². The highest BCUT2D eigenvalue weighted by molar-refractivity contribution is 4.78. The summed E-state index contributed by atoms with van der Waals surface area (Å²) in [5, 5.41) is 8.44. The molecule has 0 N–H and O–H groups in total. The molecule has 1 saturated heterocycles. The molecule has 1 aliphatic heterocycles. The second-order valence-corrected chi connectivity index (χ2v) is 4.39. The molecule has 1 heterocycles. The molecular formula is C12H23N3. The predicted molar refractivity (Wildman–Crippen MR) is 62.6 cm³/mol. The average Bonchev–Trinajstić information content (AvgIpc) is 2.25. The van der Waals surface area contributed by atoms with Crippen LogP contribution in [-0.4, -0.2) is 48.6 Å². The molecule has 1 atom stereocenters. The van der Waals surface area contributed by atoms with Crippen LogP contribution in [0.2, 0.25) is 0 Å². The molecule has 0 aromatic rings. The van der Waals surface area contributed by atoms with Gasteiger partial charge in [0.15, 0.2) is 0 Å². The van der Waals surface area contributed by atoms with E-state index in [0.29, 0.717) is 12.5 Å². The molecule has 0 saturated carbocycles. The summed E-state index contributed by atoms with van der Waals surface area (Å²) in [5.74, 6) is 0. The highest BCUT2D eigenvalue weighted by Gasteiger charge is 2.21. The van der Waals surface area contributed by atoms with Gasteiger partial charge < -0.3 is 4.90 Å². The summed E-state index contributed by atoms with van der Waals surface area (Å²) in [4.78, 5) is 5.07. The summed E-state index contributed by atoms with van der Waals surface area (Å²) in [6.07, 6.45) is 2.94. The molecule has 1 rings (SSSR count). The molecule has 3 nitrogen and oxygen atoms in total. The summed E-state index contributed by atoms with van der Waals surface area (Å²) >= 11 is 0. The summed E-state index contributed by atoms with van der Waals surface area (Å²) < 4.78 is 0. The van der Waals surface area contributed by atoms with Crippen LogP contribution >= 0.6 is 0 Å². The highest BCUT2D eigenvalue weighted by Crippen LogP contribution is 2.09. The molecule has 15 heavy (non-hydrogen) atoms. The maximum atomic E-state index is 8.44. The van der Waals surface area contributed by atoms with Gasteiger partial charge in [0.2, 0.25) is 0 Å². The van der Waals surface area contributed by atoms with Gasteiger partial charge in [0.05, 0.1) is 6.07 Å². The summed E-state index contributed by atoms with van der Waals surface area (Å²) in [7, 11) is 0. The van der Waals surface area contributed by atoms with E-state index in [-0.39, 0.29) is 0 Å². The normalized spacial score (nSPS) is 23.9. The molecule has 86 valence electrons. The molecule has 0 aromatic heterocycles. The molecule has 0 bridgehead atoms. The van der Waals surface area contributed by atoms with Gasteiger partial charge in [0.25, 0.3) is 0 Å². The zero-order valence-corrected chi connectivity index (χ0v) is 10.1. The zero-order valence-electron chi connectivity index (χ0n) is 10.1. The van der Waals surface area contributed by atoms with Crippen LogP contribution in [0.15, 0.2) is 0 Å². The molecule has 0 aromatic carbocycles. The summed E-state index contributed by atoms with van der Waals surface area (Å²) in [5.41, 5.74) is 0. The van der Waals surface area contributed by atoms with Gasteiger partial charge in [-0.05, 0) is 32.9 Å². The first-order valence-electron chi connectivity index (χ1n) is 6.11. The first-order valence-corrected chi connectivity index (χ1v) is 6.11. The Hall–Kier alpha value is -0.590. The van der Waals surface area contributed by atoms with E-state index in [0.717, 1.165) is 6.42 Å². The first-order chi connectivity index (χ1) is 7.27. The SMILES string of the molecule is CCN1CCN(CCCCC#N)CC1C. The molecule has 1 fully saturated rings. The van der Waals surface area contributed by atoms with Crippen LogP contribution in [0.25, 0.3) is 0 Å². The molecule has 3 heteroatoms. The van der Waals surface area contributed by atoms with Crippen molar-refractivity contribution in [3.05, 3.63) is 0 Å². The molecule has 0 spiro atoms. The maximum Gasteiger partial charge on any atom is 0.0621 e. The van der Waals surface area contributed by atoms with Gasteiger partial charge in [0, 0.05) is 32.1 Å². The minimum absolute atomic E-state index is 0.694. The van der Waals surface area contributed by atoms with Crippen LogP contribution in [0.3, 0.4) is 0 Å². The number of likely N-dealkylation sites (N-methyl/N-ethyl adjacent to an activating group) is 1. The van der Waals surface area contributed by atoms with Crippen molar-refractivity contribution in [3.8, 4) is 6.07 Å². The molecule has 0 radical (unpaired) electrons. The number of rotatable bonds is 5. The van der Waals surface area contributed by atoms with Crippen molar-refractivity contribution in [1.29, 1.82) is 5.26 Å². The van der Waals surface area contributed by atoms with Crippen molar-refractivity contribution in [2.75, 3.05) is 32.7 Å². The van der Waals surface area contributed by atoms with E-state index in [1.807, 2.05) is 0 Å². The Labute approximate surface area is 93.7 Å². The lowest BCUT2D eigenvalue weighted by Crippen LogP contribution is -2.51. The lowest BCUT2D eigenvalue weighted by atomic mass is 10.1. The second-order valence-electron chi connectivity index (χ2n) is 4.39. The Kier molecular flexibility index (Phi) is 5.67. The fourth-order valence-corrected chi connectivity index (χ4v) is 2.28. The number of nitriles is 1. The van der Waals surface area contributed by atoms with Crippen molar-refractivity contribution in [3.63, 3.8) is 0 Å². The molecule has 1 unspecified atom stereocenters. The Morgan fingerprint density at radius 2 is 2.13 bits per heavy atom. The van der Waals surface area contributed by atoms with Gasteiger partial charge in [-0.3, -0.25) is 4.90 Å². The van der Waals surface area contributed by atoms with Crippen LogP contribution in [0.1, 0.15) is 33.1 Å². The minimum Gasteiger partial charge on any atom is -0.301 e. The van der Waals surface area contributed by atoms with E-state index in [9.17, 15) is 0 Å². The van der Waals surface area contributed by atoms with Gasteiger partial charge in [-0.25, -0.2) is 0 Å². The minimum atomic E-state index is 0.694. The number of hydrogen-bond acceptors (Lipinski definition) is 3. The largest absolute Gasteiger partial charge is 0.301 e. The van der Waals surface area contributed by atoms with E-state index < -0.39 is 0 Å². The van der Waals surface area contributed by atoms with Crippen LogP contribution in [-0.2, 0) is 0 Å². The number of nitrogens with zero attached hydrogens (tertiary/aromatic N) is 3. The molecule has 0 aliphatic carbocycles. The number of unbranched alkanes of at least 4 members (excludes halogenated alkanes) is 2. The predicted octanol–water partition coefficient (Wildman–Crippen LogP) is 1.71. The smallest absolute Gasteiger partial charge is 0.0621 e. The lowest BCUT2D eigenvalue weighted by Gasteiger charge is -2.39. The van der Waals surface area contributed by atoms with Crippen molar-refractivity contribution in [2.24, 2.45) is 0 Å². The molecule has 1 aliphatic rings. The van der Waals surface area contributed by atoms with Crippen LogP contribution < -0.4 is 0 Å². The van der Waals surface area contributed by atoms with Gasteiger partial charge in [-0.15, -0.1) is 0 Å². The number of piperazine rings is 1. The average molecular weight is 209 g/mol. The van der Waals surface area contributed by atoms with E-state index in [1.165, 1.54) is 39.1 Å². The van der Waals surface area contributed by atoms with Gasteiger partial charge in [-0.2, -0.15) is 5.26 Å². The maximum absolute atomic E-state index is 8.44. The molecular weight excluding hydrogens is 186 g/mol. The topological polar surface area (TPSA) is 30.3 Å². The van der Waals surface area contributed by atoms with E-state index in [1.54, 1.807) is 0 Å². The Morgan fingerprint density at radius 3 is 2.73 bits per heavy atom. The third kappa shape index (κ3) is 4.19. The third-order valence-corrected chi connectivity index (χ3v) is 3.27. The van der Waals surface area contributed by atoms with Crippen molar-refractivity contribution in [2.45, 2.75) is 39.2 Å². The third-order valence-electron chi connectivity index (χ3n) is 3.27. The van der Waals surface area contributed by atoms with Gasteiger partial charge in [-0.1, -0.05) is 6.92 Å². The van der Waals surface area contributed by atoms with E-state index >= 15 is 0 Å². The lowest BCUT2D eigenvalue weighted by molar-refractivity contribution is 0.0871. The van der Waals surface area contributed by atoms with Crippen LogP contribution in [0.5, 0.6) is 0 Å². The standard InChI is InChI=1S/C12H23N3/c1-3-15-10-9-14(11-12(15)2)8-6-4-5-7-13/h12H,3-6,8-11H2,1-2H3. The first kappa shape index (κ1) is 12.5. The van der Waals surface area contributed by atoms with Gasteiger partial charge in [0.1, 0.15) is 0 Å². The number of hydrogen-bond donors (Lipinski definition) is 0. The summed E-state index contributed by atoms with van der Waals surface area (Å²) in [6, 6.07) is 2.90. The Morgan fingerprint density at radius 1 is 1.33 bits per heavy atom. The van der Waals surface area contributed by atoms with Crippen molar-refractivity contribution < 1.29 is 0 Å². The Bertz CT molecular complexity index is 209. The highest BCUT2D eigenvalue weighted by atomic mass is 15.3. The van der Waals surface area contributed by atoms with E-state index in [2.05, 4.69) is 29.7 Å². The van der Waals surface area contributed by atoms with E-state index in [4.69, 9.17) is 5.26 Å². The van der Waals surface area contributed by atoms with Crippen molar-refractivity contribution in [1.82, 2.24) is 9.80 Å². The zero-order chi connectivity index (χ0) is 11.1. The second kappa shape index (κ2) is 6.81. The Balaban J connectivity index is 2.15. The molecule has 0 amide bonds. The monoisotopic (exact) mass is 209 g/mol. The van der Waals surface area contributed by atoms with Crippen LogP contribution in [0, 0.1) is 11.3 Å². The summed E-state index contributed by atoms with van der Waals surface area (Å²) in [6.45, 7) is 10.5. The van der Waals surface area contributed by atoms with Crippen molar-refractivity contribution >= 4 is 0 Å². The quantitative estimate of drug-likeness (QED) is 0.646. The van der Waals surface area contributed by atoms with Gasteiger partial charge >= 0.3 is 0 Å². The fraction of sp³-hybridized carbons (Fsp3) is 0.917.